The van der Waals surface area contributed by atoms with E-state index in [1.54, 1.807) is 37.4 Å². The van der Waals surface area contributed by atoms with Crippen molar-refractivity contribution in [3.63, 3.8) is 0 Å². The van der Waals surface area contributed by atoms with E-state index in [0.29, 0.717) is 39.3 Å². The highest BCUT2D eigenvalue weighted by Gasteiger charge is 2.20. The predicted molar refractivity (Wildman–Crippen MR) is 129 cm³/mol. The second kappa shape index (κ2) is 9.34. The number of H-pyrrole nitrogens is 1. The summed E-state index contributed by atoms with van der Waals surface area (Å²) < 4.78 is 32.0. The predicted octanol–water partition coefficient (Wildman–Crippen LogP) is 5.51. The van der Waals surface area contributed by atoms with Gasteiger partial charge < -0.3 is 10.1 Å². The summed E-state index contributed by atoms with van der Waals surface area (Å²) in [4.78, 5) is 18.0. The number of ether oxygens (including phenoxy) is 1. The maximum Gasteiger partial charge on any atom is 0.252 e. The summed E-state index contributed by atoms with van der Waals surface area (Å²) in [6.07, 6.45) is 0. The first kappa shape index (κ1) is 22.2. The first-order chi connectivity index (χ1) is 17.0. The Morgan fingerprint density at radius 3 is 2.20 bits per heavy atom. The number of aromatic amines is 1. The molecule has 3 aromatic carbocycles. The molecule has 0 fully saturated rings. The van der Waals surface area contributed by atoms with E-state index in [9.17, 15) is 13.6 Å². The van der Waals surface area contributed by atoms with Crippen LogP contribution in [0.4, 0.5) is 8.78 Å². The summed E-state index contributed by atoms with van der Waals surface area (Å²) >= 11 is 0. The lowest BCUT2D eigenvalue weighted by Gasteiger charge is -2.10. The van der Waals surface area contributed by atoms with E-state index in [1.807, 2.05) is 24.3 Å². The van der Waals surface area contributed by atoms with E-state index in [0.717, 1.165) is 11.1 Å². The molecule has 2 N–H and O–H groups in total. The Morgan fingerprint density at radius 2 is 1.54 bits per heavy atom. The highest BCUT2D eigenvalue weighted by Crippen LogP contribution is 2.32. The van der Waals surface area contributed by atoms with Crippen LogP contribution in [0, 0.1) is 11.6 Å². The molecule has 0 spiro atoms. The Balaban J connectivity index is 1.59. The Kier molecular flexibility index (Phi) is 5.93. The summed E-state index contributed by atoms with van der Waals surface area (Å²) in [5, 5.41) is 10.7. The molecule has 1 amide bonds. The molecule has 8 heteroatoms. The van der Waals surface area contributed by atoms with Crippen LogP contribution in [-0.4, -0.2) is 28.2 Å². The molecule has 5 rings (SSSR count). The van der Waals surface area contributed by atoms with Crippen molar-refractivity contribution in [2.45, 2.75) is 6.54 Å². The van der Waals surface area contributed by atoms with Crippen LogP contribution in [0.25, 0.3) is 33.5 Å². The van der Waals surface area contributed by atoms with E-state index in [2.05, 4.69) is 20.5 Å². The summed E-state index contributed by atoms with van der Waals surface area (Å²) in [6.45, 7) is 0.213. The van der Waals surface area contributed by atoms with E-state index >= 15 is 0 Å². The van der Waals surface area contributed by atoms with Crippen LogP contribution in [0.3, 0.4) is 0 Å². The van der Waals surface area contributed by atoms with Crippen molar-refractivity contribution in [2.75, 3.05) is 7.11 Å². The quantitative estimate of drug-likeness (QED) is 0.343. The van der Waals surface area contributed by atoms with E-state index in [-0.39, 0.29) is 24.1 Å². The molecule has 0 aliphatic carbocycles. The smallest absolute Gasteiger partial charge is 0.252 e. The minimum atomic E-state index is -0.366. The number of halogens is 2. The molecule has 6 nitrogen and oxygen atoms in total. The number of nitrogens with zero attached hydrogens (tertiary/aromatic N) is 2. The fourth-order valence-electron chi connectivity index (χ4n) is 3.82. The van der Waals surface area contributed by atoms with Gasteiger partial charge in [0.15, 0.2) is 5.65 Å². The number of fused-ring (bicyclic) bond motifs is 1. The fourth-order valence-corrected chi connectivity index (χ4v) is 3.82. The Hall–Kier alpha value is -4.59. The van der Waals surface area contributed by atoms with Gasteiger partial charge in [0.25, 0.3) is 5.91 Å². The topological polar surface area (TPSA) is 79.9 Å². The zero-order valence-electron chi connectivity index (χ0n) is 18.7. The molecule has 2 heterocycles. The lowest BCUT2D eigenvalue weighted by Crippen LogP contribution is -2.23. The second-order valence-electron chi connectivity index (χ2n) is 7.90. The zero-order chi connectivity index (χ0) is 24.4. The molecule has 0 aliphatic heterocycles. The molecular weight excluding hydrogens is 450 g/mol. The molecule has 0 unspecified atom stereocenters. The van der Waals surface area contributed by atoms with Gasteiger partial charge in [0.05, 0.1) is 29.4 Å². The van der Waals surface area contributed by atoms with E-state index < -0.39 is 0 Å². The molecule has 174 valence electrons. The average molecular weight is 470 g/mol. The van der Waals surface area contributed by atoms with Crippen LogP contribution in [0.5, 0.6) is 5.75 Å². The van der Waals surface area contributed by atoms with Crippen LogP contribution >= 0.6 is 0 Å². The highest BCUT2D eigenvalue weighted by atomic mass is 19.1. The van der Waals surface area contributed by atoms with Crippen LogP contribution in [0.15, 0.2) is 78.9 Å². The van der Waals surface area contributed by atoms with Crippen LogP contribution in [-0.2, 0) is 6.54 Å². The maximum absolute atomic E-state index is 13.5. The van der Waals surface area contributed by atoms with Gasteiger partial charge >= 0.3 is 0 Å². The Morgan fingerprint density at radius 1 is 0.914 bits per heavy atom. The number of hydrogen-bond acceptors (Lipinski definition) is 4. The minimum Gasteiger partial charge on any atom is -0.497 e. The van der Waals surface area contributed by atoms with Gasteiger partial charge in [-0.25, -0.2) is 13.8 Å². The molecule has 0 saturated carbocycles. The number of rotatable bonds is 6. The number of nitrogens with one attached hydrogen (secondary N) is 2. The number of aromatic nitrogens is 3. The molecule has 0 saturated heterocycles. The van der Waals surface area contributed by atoms with Gasteiger partial charge in [0.1, 0.15) is 17.4 Å². The van der Waals surface area contributed by atoms with Crippen molar-refractivity contribution in [3.05, 3.63) is 102 Å². The Bertz CT molecular complexity index is 1500. The van der Waals surface area contributed by atoms with Crippen molar-refractivity contribution in [1.29, 1.82) is 0 Å². The maximum atomic E-state index is 13.5. The number of pyridine rings is 1. The van der Waals surface area contributed by atoms with Gasteiger partial charge in [-0.3, -0.25) is 9.89 Å². The van der Waals surface area contributed by atoms with Gasteiger partial charge in [-0.05, 0) is 72.3 Å². The standard InChI is InChI=1S/C27H20F2N4O2/c1-35-21-12-6-17(7-13-21)23-14-22(27(34)30-15-16-2-8-19(28)9-3-16)24-25(32-33-26(24)31-23)18-4-10-20(29)11-5-18/h2-14H,15H2,1H3,(H,30,34)(H,31,32,33). The lowest BCUT2D eigenvalue weighted by molar-refractivity contribution is 0.0952. The van der Waals surface area contributed by atoms with Gasteiger partial charge in [-0.15, -0.1) is 0 Å². The number of hydrogen-bond donors (Lipinski definition) is 2. The summed E-state index contributed by atoms with van der Waals surface area (Å²) in [5.41, 5.74) is 4.03. The second-order valence-corrected chi connectivity index (χ2v) is 7.90. The van der Waals surface area contributed by atoms with Crippen molar-refractivity contribution < 1.29 is 18.3 Å². The Labute approximate surface area is 199 Å². The molecule has 35 heavy (non-hydrogen) atoms. The third-order valence-corrected chi connectivity index (χ3v) is 5.65. The third kappa shape index (κ3) is 4.59. The van der Waals surface area contributed by atoms with Crippen molar-refractivity contribution in [3.8, 4) is 28.3 Å². The molecule has 0 aliphatic rings. The summed E-state index contributed by atoms with van der Waals surface area (Å²) in [6, 6.07) is 20.8. The molecule has 5 aromatic rings. The monoisotopic (exact) mass is 470 g/mol. The van der Waals surface area contributed by atoms with E-state index in [1.165, 1.54) is 24.3 Å². The molecule has 0 bridgehead atoms. The van der Waals surface area contributed by atoms with Gasteiger partial charge in [-0.2, -0.15) is 5.10 Å². The number of benzene rings is 3. The molecular formula is C27H20F2N4O2. The summed E-state index contributed by atoms with van der Waals surface area (Å²) in [7, 11) is 1.59. The van der Waals surface area contributed by atoms with Crippen LogP contribution in [0.1, 0.15) is 15.9 Å². The number of methoxy groups -OCH3 is 1. The number of carbonyl (C=O) groups excluding carboxylic acids is 1. The van der Waals surface area contributed by atoms with E-state index in [4.69, 9.17) is 4.74 Å². The normalized spacial score (nSPS) is 10.9. The largest absolute Gasteiger partial charge is 0.497 e. The number of carbonyl (C=O) groups is 1. The van der Waals surface area contributed by atoms with Gasteiger partial charge in [0, 0.05) is 17.7 Å². The average Bonchev–Trinajstić information content (AvgIpc) is 3.32. The third-order valence-electron chi connectivity index (χ3n) is 5.65. The van der Waals surface area contributed by atoms with Crippen molar-refractivity contribution >= 4 is 16.9 Å². The lowest BCUT2D eigenvalue weighted by atomic mass is 10.0. The van der Waals surface area contributed by atoms with Crippen molar-refractivity contribution in [1.82, 2.24) is 20.5 Å². The molecule has 0 radical (unpaired) electrons. The first-order valence-corrected chi connectivity index (χ1v) is 10.8. The van der Waals surface area contributed by atoms with Gasteiger partial charge in [0.2, 0.25) is 0 Å². The van der Waals surface area contributed by atoms with Crippen LogP contribution < -0.4 is 10.1 Å². The first-order valence-electron chi connectivity index (χ1n) is 10.8. The SMILES string of the molecule is COc1ccc(-c2cc(C(=O)NCc3ccc(F)cc3)c3c(-c4ccc(F)cc4)[nH]nc3n2)cc1. The minimum absolute atomic E-state index is 0.213. The zero-order valence-corrected chi connectivity index (χ0v) is 18.7. The molecule has 0 atom stereocenters. The molecule has 2 aromatic heterocycles. The number of amides is 1. The van der Waals surface area contributed by atoms with Gasteiger partial charge in [-0.1, -0.05) is 12.1 Å². The summed E-state index contributed by atoms with van der Waals surface area (Å²) in [5.74, 6) is -0.358. The van der Waals surface area contributed by atoms with Crippen molar-refractivity contribution in [2.24, 2.45) is 0 Å². The fraction of sp³-hybridized carbons (Fsp3) is 0.0741. The highest BCUT2D eigenvalue weighted by molar-refractivity contribution is 6.10. The van der Waals surface area contributed by atoms with Crippen LogP contribution in [0.2, 0.25) is 0 Å².